The molecule has 2 rings (SSSR count). The van der Waals surface area contributed by atoms with Crippen LogP contribution in [0.15, 0.2) is 41.0 Å². The molecule has 8 heteroatoms. The van der Waals surface area contributed by atoms with Crippen molar-refractivity contribution in [1.82, 2.24) is 5.32 Å². The molecule has 24 heavy (non-hydrogen) atoms. The Morgan fingerprint density at radius 1 is 1.42 bits per heavy atom. The molecular weight excluding hydrogens is 314 g/mol. The van der Waals surface area contributed by atoms with E-state index < -0.39 is 16.6 Å². The van der Waals surface area contributed by atoms with E-state index in [9.17, 15) is 20.0 Å². The van der Waals surface area contributed by atoms with Gasteiger partial charge in [-0.15, -0.1) is 0 Å². The molecule has 128 valence electrons. The predicted octanol–water partition coefficient (Wildman–Crippen LogP) is 2.78. The first-order valence-electron chi connectivity index (χ1n) is 7.42. The van der Waals surface area contributed by atoms with Gasteiger partial charge in [-0.1, -0.05) is 13.0 Å². The van der Waals surface area contributed by atoms with E-state index in [1.165, 1.54) is 19.3 Å². The van der Waals surface area contributed by atoms with Gasteiger partial charge in [0.2, 0.25) is 0 Å². The number of hydrogen-bond donors (Lipinski definition) is 3. The van der Waals surface area contributed by atoms with Gasteiger partial charge < -0.3 is 20.2 Å². The molecule has 0 unspecified atom stereocenters. The minimum absolute atomic E-state index is 0.0436. The van der Waals surface area contributed by atoms with E-state index in [1.54, 1.807) is 24.3 Å². The van der Waals surface area contributed by atoms with Crippen molar-refractivity contribution in [3.8, 4) is 0 Å². The molecule has 8 nitrogen and oxygen atoms in total. The summed E-state index contributed by atoms with van der Waals surface area (Å²) in [6.45, 7) is 3.24. The number of nitro groups is 1. The summed E-state index contributed by atoms with van der Waals surface area (Å²) in [5, 5.41) is 26.3. The number of nitrogens with one attached hydrogen (secondary N) is 2. The minimum Gasteiger partial charge on any atom is -0.466 e. The van der Waals surface area contributed by atoms with Crippen molar-refractivity contribution in [2.75, 3.05) is 11.9 Å². The number of rotatable bonds is 6. The number of urea groups is 1. The summed E-state index contributed by atoms with van der Waals surface area (Å²) in [5.74, 6) is 0.325. The number of carbonyl (C=O) groups excluding carboxylic acids is 1. The van der Waals surface area contributed by atoms with Gasteiger partial charge in [-0.2, -0.15) is 0 Å². The lowest BCUT2D eigenvalue weighted by molar-refractivity contribution is -0.385. The van der Waals surface area contributed by atoms with Crippen LogP contribution in [0, 0.1) is 10.1 Å². The maximum Gasteiger partial charge on any atom is 0.319 e. The van der Waals surface area contributed by atoms with Crippen LogP contribution in [0.2, 0.25) is 0 Å². The van der Waals surface area contributed by atoms with Crippen LogP contribution in [0.5, 0.6) is 0 Å². The van der Waals surface area contributed by atoms with Crippen LogP contribution in [0.25, 0.3) is 0 Å². The summed E-state index contributed by atoms with van der Waals surface area (Å²) in [6, 6.07) is 7.16. The lowest BCUT2D eigenvalue weighted by Crippen LogP contribution is -2.40. The Labute approximate surface area is 138 Å². The van der Waals surface area contributed by atoms with Gasteiger partial charge in [-0.05, 0) is 31.5 Å². The van der Waals surface area contributed by atoms with E-state index in [2.05, 4.69) is 10.6 Å². The molecule has 1 heterocycles. The molecule has 1 atom stereocenters. The monoisotopic (exact) mass is 333 g/mol. The zero-order valence-electron chi connectivity index (χ0n) is 13.4. The third-order valence-corrected chi connectivity index (χ3v) is 3.57. The molecule has 0 fully saturated rings. The van der Waals surface area contributed by atoms with Gasteiger partial charge in [0.15, 0.2) is 0 Å². The Morgan fingerprint density at radius 2 is 2.17 bits per heavy atom. The van der Waals surface area contributed by atoms with E-state index in [0.717, 1.165) is 0 Å². The minimum atomic E-state index is -1.36. The molecular formula is C16H19N3O5. The molecule has 0 spiro atoms. The van der Waals surface area contributed by atoms with Gasteiger partial charge in [-0.3, -0.25) is 10.1 Å². The first-order chi connectivity index (χ1) is 11.3. The van der Waals surface area contributed by atoms with Crippen molar-refractivity contribution in [1.29, 1.82) is 0 Å². The topological polar surface area (TPSA) is 118 Å². The fourth-order valence-electron chi connectivity index (χ4n) is 2.21. The zero-order chi connectivity index (χ0) is 17.7. The first-order valence-corrected chi connectivity index (χ1v) is 7.42. The molecule has 0 saturated carbocycles. The number of aryl methyl sites for hydroxylation is 1. The maximum atomic E-state index is 11.9. The van der Waals surface area contributed by atoms with Crippen LogP contribution < -0.4 is 10.6 Å². The molecule has 0 aliphatic heterocycles. The molecule has 0 bridgehead atoms. The molecule has 2 aromatic rings. The van der Waals surface area contributed by atoms with E-state index in [-0.39, 0.29) is 12.2 Å². The summed E-state index contributed by atoms with van der Waals surface area (Å²) >= 11 is 0. The Balaban J connectivity index is 2.00. The van der Waals surface area contributed by atoms with Gasteiger partial charge in [0.25, 0.3) is 5.69 Å². The number of carbonyl (C=O) groups is 1. The first kappa shape index (κ1) is 17.5. The summed E-state index contributed by atoms with van der Waals surface area (Å²) in [6.07, 6.45) is 1.95. The molecule has 0 saturated heterocycles. The number of nitro benzene ring substituents is 1. The average molecular weight is 333 g/mol. The van der Waals surface area contributed by atoms with Crippen molar-refractivity contribution >= 4 is 17.4 Å². The number of anilines is 1. The van der Waals surface area contributed by atoms with Crippen molar-refractivity contribution < 1.29 is 19.2 Å². The second-order valence-electron chi connectivity index (χ2n) is 5.51. The lowest BCUT2D eigenvalue weighted by Gasteiger charge is -2.21. The third kappa shape index (κ3) is 4.11. The van der Waals surface area contributed by atoms with Crippen LogP contribution in [0.4, 0.5) is 16.2 Å². The Bertz CT molecular complexity index is 725. The van der Waals surface area contributed by atoms with Gasteiger partial charge in [0.1, 0.15) is 11.4 Å². The Morgan fingerprint density at radius 3 is 2.75 bits per heavy atom. The largest absolute Gasteiger partial charge is 0.466 e. The molecule has 1 aromatic carbocycles. The summed E-state index contributed by atoms with van der Waals surface area (Å²) in [7, 11) is 0. The SMILES string of the molecule is CCc1ccc(NC(=O)NC[C@](C)(O)c2ccco2)cc1[N+](=O)[O-]. The molecule has 0 aliphatic carbocycles. The second kappa shape index (κ2) is 7.14. The Kier molecular flexibility index (Phi) is 5.20. The van der Waals surface area contributed by atoms with Crippen LogP contribution in [0.1, 0.15) is 25.2 Å². The normalized spacial score (nSPS) is 13.1. The zero-order valence-corrected chi connectivity index (χ0v) is 13.4. The highest BCUT2D eigenvalue weighted by Gasteiger charge is 2.26. The van der Waals surface area contributed by atoms with Gasteiger partial charge >= 0.3 is 6.03 Å². The Hall–Kier alpha value is -2.87. The summed E-state index contributed by atoms with van der Waals surface area (Å²) in [5.41, 5.74) is -0.516. The van der Waals surface area contributed by atoms with E-state index in [4.69, 9.17) is 4.42 Å². The van der Waals surface area contributed by atoms with Crippen LogP contribution in [-0.2, 0) is 12.0 Å². The molecule has 2 amide bonds. The van der Waals surface area contributed by atoms with Crippen LogP contribution in [-0.4, -0.2) is 22.6 Å². The quantitative estimate of drug-likeness (QED) is 0.555. The van der Waals surface area contributed by atoms with Gasteiger partial charge in [0, 0.05) is 17.3 Å². The van der Waals surface area contributed by atoms with Gasteiger partial charge in [-0.25, -0.2) is 4.79 Å². The fourth-order valence-corrected chi connectivity index (χ4v) is 2.21. The number of benzene rings is 1. The molecule has 0 radical (unpaired) electrons. The molecule has 0 aliphatic rings. The number of amides is 2. The maximum absolute atomic E-state index is 11.9. The average Bonchev–Trinajstić information content (AvgIpc) is 3.08. The highest BCUT2D eigenvalue weighted by molar-refractivity contribution is 5.89. The van der Waals surface area contributed by atoms with E-state index in [0.29, 0.717) is 23.4 Å². The van der Waals surface area contributed by atoms with Crippen molar-refractivity contribution in [3.63, 3.8) is 0 Å². The number of nitrogens with zero attached hydrogens (tertiary/aromatic N) is 1. The third-order valence-electron chi connectivity index (χ3n) is 3.57. The van der Waals surface area contributed by atoms with Gasteiger partial charge in [0.05, 0.1) is 17.7 Å². The smallest absolute Gasteiger partial charge is 0.319 e. The highest BCUT2D eigenvalue weighted by Crippen LogP contribution is 2.24. The predicted molar refractivity (Wildman–Crippen MR) is 87.8 cm³/mol. The van der Waals surface area contributed by atoms with Crippen molar-refractivity contribution in [2.24, 2.45) is 0 Å². The fraction of sp³-hybridized carbons (Fsp3) is 0.312. The highest BCUT2D eigenvalue weighted by atomic mass is 16.6. The summed E-state index contributed by atoms with van der Waals surface area (Å²) < 4.78 is 5.12. The van der Waals surface area contributed by atoms with Crippen LogP contribution in [0.3, 0.4) is 0 Å². The van der Waals surface area contributed by atoms with Crippen molar-refractivity contribution in [3.05, 3.63) is 58.0 Å². The molecule has 3 N–H and O–H groups in total. The van der Waals surface area contributed by atoms with Crippen molar-refractivity contribution in [2.45, 2.75) is 25.9 Å². The summed E-state index contributed by atoms with van der Waals surface area (Å²) in [4.78, 5) is 22.5. The van der Waals surface area contributed by atoms with E-state index in [1.807, 2.05) is 6.92 Å². The second-order valence-corrected chi connectivity index (χ2v) is 5.51. The molecule has 1 aromatic heterocycles. The lowest BCUT2D eigenvalue weighted by atomic mass is 10.0. The number of aliphatic hydroxyl groups is 1. The number of hydrogen-bond acceptors (Lipinski definition) is 5. The van der Waals surface area contributed by atoms with E-state index >= 15 is 0 Å². The number of furan rings is 1. The van der Waals surface area contributed by atoms with Crippen LogP contribution >= 0.6 is 0 Å². The standard InChI is InChI=1S/C16H19N3O5/c1-3-11-6-7-12(9-13(11)19(22)23)18-15(20)17-10-16(2,21)14-5-4-8-24-14/h4-9,21H,3,10H2,1-2H3,(H2,17,18,20)/t16-/m0/s1.